The fourth-order valence-corrected chi connectivity index (χ4v) is 3.07. The van der Waals surface area contributed by atoms with E-state index in [1.165, 1.54) is 16.7 Å². The van der Waals surface area contributed by atoms with Crippen molar-refractivity contribution in [1.82, 2.24) is 4.98 Å². The second-order valence-corrected chi connectivity index (χ2v) is 5.92. The predicted octanol–water partition coefficient (Wildman–Crippen LogP) is 5.03. The molecule has 0 spiro atoms. The van der Waals surface area contributed by atoms with Gasteiger partial charge >= 0.3 is 0 Å². The minimum absolute atomic E-state index is 0.510. The second-order valence-electron chi connectivity index (χ2n) is 5.92. The molecule has 1 heterocycles. The number of aromatic nitrogens is 1. The fraction of sp³-hybridized carbons (Fsp3) is 0.190. The Balaban J connectivity index is 1.93. The third kappa shape index (κ3) is 3.57. The molecule has 3 rings (SSSR count). The van der Waals surface area contributed by atoms with E-state index in [4.69, 9.17) is 0 Å². The first-order chi connectivity index (χ1) is 11.8. The standard InChI is InChI=1S/C21H20N2O/c1-16-7-5-11-20(21(23-24)18-10-6-14-22-15-18)19(16)13-12-17-8-3-2-4-9-17/h2-11,14-15,21H,12-13H2,1H3. The van der Waals surface area contributed by atoms with Gasteiger partial charge in [-0.3, -0.25) is 4.98 Å². The van der Waals surface area contributed by atoms with E-state index >= 15 is 0 Å². The lowest BCUT2D eigenvalue weighted by atomic mass is 9.90. The molecule has 0 saturated heterocycles. The lowest BCUT2D eigenvalue weighted by Gasteiger charge is -2.17. The van der Waals surface area contributed by atoms with Gasteiger partial charge in [-0.1, -0.05) is 59.8 Å². The van der Waals surface area contributed by atoms with Crippen molar-refractivity contribution in [1.29, 1.82) is 0 Å². The highest BCUT2D eigenvalue weighted by molar-refractivity contribution is 5.41. The highest BCUT2D eigenvalue weighted by atomic mass is 16.3. The van der Waals surface area contributed by atoms with Gasteiger partial charge in [-0.25, -0.2) is 0 Å². The average Bonchev–Trinajstić information content (AvgIpc) is 2.63. The first-order valence-electron chi connectivity index (χ1n) is 8.14. The fourth-order valence-electron chi connectivity index (χ4n) is 3.07. The van der Waals surface area contributed by atoms with E-state index in [1.807, 2.05) is 30.3 Å². The van der Waals surface area contributed by atoms with Gasteiger partial charge in [0.1, 0.15) is 6.04 Å². The van der Waals surface area contributed by atoms with E-state index in [2.05, 4.69) is 47.4 Å². The van der Waals surface area contributed by atoms with Gasteiger partial charge < -0.3 is 0 Å². The van der Waals surface area contributed by atoms with Crippen molar-refractivity contribution < 1.29 is 0 Å². The molecule has 1 aromatic heterocycles. The summed E-state index contributed by atoms with van der Waals surface area (Å²) in [6, 6.07) is 19.7. The molecule has 0 fully saturated rings. The SMILES string of the molecule is Cc1cccc(C(N=O)c2cccnc2)c1CCc1ccccc1. The summed E-state index contributed by atoms with van der Waals surface area (Å²) in [5.41, 5.74) is 5.51. The molecular formula is C21H20N2O. The molecule has 120 valence electrons. The highest BCUT2D eigenvalue weighted by Crippen LogP contribution is 2.30. The molecule has 1 unspecified atom stereocenters. The van der Waals surface area contributed by atoms with Crippen LogP contribution in [0.15, 0.2) is 78.2 Å². The van der Waals surface area contributed by atoms with Crippen molar-refractivity contribution in [2.45, 2.75) is 25.8 Å². The van der Waals surface area contributed by atoms with Gasteiger partial charge in [-0.15, -0.1) is 4.91 Å². The Morgan fingerprint density at radius 2 is 1.79 bits per heavy atom. The minimum Gasteiger partial charge on any atom is -0.264 e. The minimum atomic E-state index is -0.510. The van der Waals surface area contributed by atoms with Crippen LogP contribution in [-0.4, -0.2) is 4.98 Å². The summed E-state index contributed by atoms with van der Waals surface area (Å²) in [7, 11) is 0. The predicted molar refractivity (Wildman–Crippen MR) is 96.9 cm³/mol. The van der Waals surface area contributed by atoms with Crippen molar-refractivity contribution in [3.63, 3.8) is 0 Å². The topological polar surface area (TPSA) is 42.3 Å². The van der Waals surface area contributed by atoms with Gasteiger partial charge in [0.25, 0.3) is 0 Å². The van der Waals surface area contributed by atoms with Crippen molar-refractivity contribution in [2.75, 3.05) is 0 Å². The van der Waals surface area contributed by atoms with E-state index in [0.717, 1.165) is 24.0 Å². The quantitative estimate of drug-likeness (QED) is 0.598. The summed E-state index contributed by atoms with van der Waals surface area (Å²) >= 11 is 0. The molecule has 3 nitrogen and oxygen atoms in total. The maximum Gasteiger partial charge on any atom is 0.144 e. The molecule has 0 N–H and O–H groups in total. The van der Waals surface area contributed by atoms with E-state index in [9.17, 15) is 4.91 Å². The van der Waals surface area contributed by atoms with Gasteiger partial charge in [0.05, 0.1) is 0 Å². The molecule has 0 aliphatic heterocycles. The summed E-state index contributed by atoms with van der Waals surface area (Å²) < 4.78 is 0. The molecule has 0 bridgehead atoms. The van der Waals surface area contributed by atoms with Crippen LogP contribution < -0.4 is 0 Å². The monoisotopic (exact) mass is 316 g/mol. The summed E-state index contributed by atoms with van der Waals surface area (Å²) in [5, 5.41) is 3.40. The molecule has 2 aromatic carbocycles. The van der Waals surface area contributed by atoms with Crippen LogP contribution in [0.2, 0.25) is 0 Å². The van der Waals surface area contributed by atoms with Crippen LogP contribution in [0, 0.1) is 11.8 Å². The highest BCUT2D eigenvalue weighted by Gasteiger charge is 2.19. The van der Waals surface area contributed by atoms with Crippen molar-refractivity contribution in [3.05, 3.63) is 106 Å². The van der Waals surface area contributed by atoms with Crippen LogP contribution in [0.25, 0.3) is 0 Å². The third-order valence-electron chi connectivity index (χ3n) is 4.35. The van der Waals surface area contributed by atoms with Crippen LogP contribution >= 0.6 is 0 Å². The molecule has 1 atom stereocenters. The Kier molecular flexibility index (Phi) is 5.12. The number of rotatable bonds is 6. The number of benzene rings is 2. The molecule has 3 aromatic rings. The Morgan fingerprint density at radius 1 is 0.958 bits per heavy atom. The van der Waals surface area contributed by atoms with Crippen molar-refractivity contribution in [2.24, 2.45) is 5.18 Å². The molecule has 0 radical (unpaired) electrons. The Hall–Kier alpha value is -2.81. The van der Waals surface area contributed by atoms with E-state index in [0.29, 0.717) is 0 Å². The van der Waals surface area contributed by atoms with Crippen molar-refractivity contribution >= 4 is 0 Å². The summed E-state index contributed by atoms with van der Waals surface area (Å²) in [6.45, 7) is 2.09. The molecule has 3 heteroatoms. The molecule has 0 saturated carbocycles. The lowest BCUT2D eigenvalue weighted by molar-refractivity contribution is 0.818. The maximum atomic E-state index is 11.6. The normalized spacial score (nSPS) is 11.9. The zero-order valence-corrected chi connectivity index (χ0v) is 13.7. The van der Waals surface area contributed by atoms with Crippen LogP contribution in [0.4, 0.5) is 0 Å². The number of hydrogen-bond donors (Lipinski definition) is 0. The number of hydrogen-bond acceptors (Lipinski definition) is 3. The molecular weight excluding hydrogens is 296 g/mol. The zero-order valence-electron chi connectivity index (χ0n) is 13.7. The van der Waals surface area contributed by atoms with Gasteiger partial charge in [0, 0.05) is 18.0 Å². The lowest BCUT2D eigenvalue weighted by Crippen LogP contribution is -2.06. The van der Waals surface area contributed by atoms with E-state index in [-0.39, 0.29) is 0 Å². The van der Waals surface area contributed by atoms with Gasteiger partial charge in [-0.05, 0) is 48.1 Å². The van der Waals surface area contributed by atoms with Crippen LogP contribution in [0.3, 0.4) is 0 Å². The molecule has 0 aliphatic rings. The van der Waals surface area contributed by atoms with Crippen LogP contribution in [-0.2, 0) is 12.8 Å². The maximum absolute atomic E-state index is 11.6. The average molecular weight is 316 g/mol. The second kappa shape index (κ2) is 7.64. The summed E-state index contributed by atoms with van der Waals surface area (Å²) in [4.78, 5) is 15.7. The largest absolute Gasteiger partial charge is 0.264 e. The molecule has 0 amide bonds. The molecule has 24 heavy (non-hydrogen) atoms. The number of pyridine rings is 1. The van der Waals surface area contributed by atoms with Gasteiger partial charge in [0.15, 0.2) is 0 Å². The van der Waals surface area contributed by atoms with Crippen LogP contribution in [0.5, 0.6) is 0 Å². The number of nitroso groups, excluding NO2 is 1. The number of aryl methyl sites for hydroxylation is 2. The smallest absolute Gasteiger partial charge is 0.144 e. The Bertz CT molecular complexity index is 801. The van der Waals surface area contributed by atoms with Gasteiger partial charge in [0.2, 0.25) is 0 Å². The summed E-state index contributed by atoms with van der Waals surface area (Å²) in [5.74, 6) is 0. The number of nitrogens with zero attached hydrogens (tertiary/aromatic N) is 2. The van der Waals surface area contributed by atoms with E-state index in [1.54, 1.807) is 12.4 Å². The van der Waals surface area contributed by atoms with Crippen LogP contribution in [0.1, 0.15) is 33.9 Å². The Morgan fingerprint density at radius 3 is 2.50 bits per heavy atom. The summed E-state index contributed by atoms with van der Waals surface area (Å²) in [6.07, 6.45) is 5.25. The zero-order chi connectivity index (χ0) is 16.8. The third-order valence-corrected chi connectivity index (χ3v) is 4.35. The first-order valence-corrected chi connectivity index (χ1v) is 8.14. The Labute approximate surface area is 142 Å². The molecule has 0 aliphatic carbocycles. The van der Waals surface area contributed by atoms with Gasteiger partial charge in [-0.2, -0.15) is 0 Å². The first kappa shape index (κ1) is 16.1. The van der Waals surface area contributed by atoms with E-state index < -0.39 is 6.04 Å². The van der Waals surface area contributed by atoms with Crippen molar-refractivity contribution in [3.8, 4) is 0 Å².